The normalized spacial score (nSPS) is 10.0. The topological polar surface area (TPSA) is 41.5 Å². The van der Waals surface area contributed by atoms with E-state index in [0.717, 1.165) is 6.42 Å². The Hall–Kier alpha value is -0.860. The van der Waals surface area contributed by atoms with Crippen LogP contribution < -0.4 is 5.43 Å². The Labute approximate surface area is 55.1 Å². The van der Waals surface area contributed by atoms with E-state index in [9.17, 15) is 4.79 Å². The third kappa shape index (κ3) is 5.00. The standard InChI is InChI=1S/C6H12N2O/c1-3-5-7-8-6(9)4-2/h5H,3-4H2,1-2H3,(H,8,9). The van der Waals surface area contributed by atoms with Gasteiger partial charge < -0.3 is 0 Å². The molecule has 0 bridgehead atoms. The smallest absolute Gasteiger partial charge is 0.239 e. The molecule has 1 amide bonds. The second kappa shape index (κ2) is 5.28. The van der Waals surface area contributed by atoms with Crippen molar-refractivity contribution >= 4 is 12.1 Å². The van der Waals surface area contributed by atoms with Gasteiger partial charge in [0.1, 0.15) is 0 Å². The van der Waals surface area contributed by atoms with Crippen LogP contribution in [0.25, 0.3) is 0 Å². The van der Waals surface area contributed by atoms with E-state index in [0.29, 0.717) is 6.42 Å². The van der Waals surface area contributed by atoms with Crippen LogP contribution in [-0.2, 0) is 4.79 Å². The molecule has 0 fully saturated rings. The van der Waals surface area contributed by atoms with Gasteiger partial charge in [-0.2, -0.15) is 5.10 Å². The molecule has 0 heterocycles. The predicted octanol–water partition coefficient (Wildman–Crippen LogP) is 0.908. The fourth-order valence-electron chi connectivity index (χ4n) is 0.288. The molecule has 3 nitrogen and oxygen atoms in total. The number of hydrogen-bond acceptors (Lipinski definition) is 2. The van der Waals surface area contributed by atoms with Crippen molar-refractivity contribution in [3.8, 4) is 0 Å². The first-order valence-corrected chi connectivity index (χ1v) is 3.11. The molecule has 9 heavy (non-hydrogen) atoms. The van der Waals surface area contributed by atoms with Gasteiger partial charge in [0.05, 0.1) is 0 Å². The first-order chi connectivity index (χ1) is 4.31. The summed E-state index contributed by atoms with van der Waals surface area (Å²) in [5.74, 6) is -0.0419. The minimum absolute atomic E-state index is 0.0419. The summed E-state index contributed by atoms with van der Waals surface area (Å²) in [6.07, 6.45) is 3.00. The number of hydrogen-bond donors (Lipinski definition) is 1. The SMILES string of the molecule is CCC=NNC(=O)CC. The molecule has 0 rings (SSSR count). The minimum atomic E-state index is -0.0419. The third-order valence-corrected chi connectivity index (χ3v) is 0.784. The molecule has 0 spiro atoms. The molecule has 0 radical (unpaired) electrons. The van der Waals surface area contributed by atoms with E-state index in [1.54, 1.807) is 13.1 Å². The van der Waals surface area contributed by atoms with Gasteiger partial charge in [0.2, 0.25) is 5.91 Å². The highest BCUT2D eigenvalue weighted by Gasteiger charge is 1.88. The summed E-state index contributed by atoms with van der Waals surface area (Å²) in [5, 5.41) is 3.64. The molecule has 0 aromatic heterocycles. The quantitative estimate of drug-likeness (QED) is 0.445. The molecule has 0 saturated carbocycles. The Balaban J connectivity index is 3.26. The van der Waals surface area contributed by atoms with Gasteiger partial charge in [-0.15, -0.1) is 0 Å². The Bertz CT molecular complexity index is 110. The molecule has 1 N–H and O–H groups in total. The molecule has 0 aliphatic carbocycles. The van der Waals surface area contributed by atoms with E-state index in [-0.39, 0.29) is 5.91 Å². The average Bonchev–Trinajstić information content (AvgIpc) is 1.89. The summed E-state index contributed by atoms with van der Waals surface area (Å²) in [7, 11) is 0. The second-order valence-corrected chi connectivity index (χ2v) is 1.61. The number of nitrogens with zero attached hydrogens (tertiary/aromatic N) is 1. The van der Waals surface area contributed by atoms with Crippen molar-refractivity contribution in [3.63, 3.8) is 0 Å². The van der Waals surface area contributed by atoms with E-state index < -0.39 is 0 Å². The number of amides is 1. The Kier molecular flexibility index (Phi) is 4.78. The highest BCUT2D eigenvalue weighted by atomic mass is 16.2. The Morgan fingerprint density at radius 1 is 1.67 bits per heavy atom. The van der Waals surface area contributed by atoms with Crippen molar-refractivity contribution in [1.82, 2.24) is 5.43 Å². The monoisotopic (exact) mass is 128 g/mol. The van der Waals surface area contributed by atoms with Crippen LogP contribution in [0.3, 0.4) is 0 Å². The minimum Gasteiger partial charge on any atom is -0.273 e. The summed E-state index contributed by atoms with van der Waals surface area (Å²) in [4.78, 5) is 10.5. The summed E-state index contributed by atoms with van der Waals surface area (Å²) in [6, 6.07) is 0. The molecule has 0 aromatic rings. The van der Waals surface area contributed by atoms with Crippen molar-refractivity contribution in [2.24, 2.45) is 5.10 Å². The fraction of sp³-hybridized carbons (Fsp3) is 0.667. The van der Waals surface area contributed by atoms with Crippen molar-refractivity contribution < 1.29 is 4.79 Å². The van der Waals surface area contributed by atoms with E-state index >= 15 is 0 Å². The van der Waals surface area contributed by atoms with Gasteiger partial charge in [-0.25, -0.2) is 5.43 Å². The molecule has 0 atom stereocenters. The van der Waals surface area contributed by atoms with E-state index in [2.05, 4.69) is 10.5 Å². The van der Waals surface area contributed by atoms with Crippen LogP contribution >= 0.6 is 0 Å². The van der Waals surface area contributed by atoms with Gasteiger partial charge >= 0.3 is 0 Å². The Morgan fingerprint density at radius 3 is 2.78 bits per heavy atom. The van der Waals surface area contributed by atoms with Crippen molar-refractivity contribution in [3.05, 3.63) is 0 Å². The molecule has 0 saturated heterocycles. The first-order valence-electron chi connectivity index (χ1n) is 3.11. The summed E-state index contributed by atoms with van der Waals surface area (Å²) >= 11 is 0. The molecule has 0 unspecified atom stereocenters. The van der Waals surface area contributed by atoms with Crippen LogP contribution in [0.2, 0.25) is 0 Å². The van der Waals surface area contributed by atoms with Gasteiger partial charge in [-0.05, 0) is 6.42 Å². The zero-order valence-electron chi connectivity index (χ0n) is 5.85. The maximum Gasteiger partial charge on any atom is 0.239 e. The lowest BCUT2D eigenvalue weighted by atomic mass is 10.5. The molecule has 52 valence electrons. The van der Waals surface area contributed by atoms with Crippen LogP contribution in [0.5, 0.6) is 0 Å². The molecular formula is C6H12N2O. The average molecular weight is 128 g/mol. The van der Waals surface area contributed by atoms with Crippen molar-refractivity contribution in [2.75, 3.05) is 0 Å². The van der Waals surface area contributed by atoms with Gasteiger partial charge in [0.15, 0.2) is 0 Å². The summed E-state index contributed by atoms with van der Waals surface area (Å²) < 4.78 is 0. The summed E-state index contributed by atoms with van der Waals surface area (Å²) in [6.45, 7) is 3.75. The van der Waals surface area contributed by atoms with Gasteiger partial charge in [-0.3, -0.25) is 4.79 Å². The highest BCUT2D eigenvalue weighted by molar-refractivity contribution is 5.76. The number of nitrogens with one attached hydrogen (secondary N) is 1. The zero-order valence-corrected chi connectivity index (χ0v) is 5.85. The van der Waals surface area contributed by atoms with E-state index in [4.69, 9.17) is 0 Å². The number of carbonyl (C=O) groups is 1. The van der Waals surface area contributed by atoms with Crippen LogP contribution in [0.1, 0.15) is 26.7 Å². The largest absolute Gasteiger partial charge is 0.273 e. The summed E-state index contributed by atoms with van der Waals surface area (Å²) in [5.41, 5.74) is 2.36. The van der Waals surface area contributed by atoms with Crippen LogP contribution in [0.15, 0.2) is 5.10 Å². The molecule has 0 aliphatic rings. The van der Waals surface area contributed by atoms with Crippen LogP contribution in [0, 0.1) is 0 Å². The lowest BCUT2D eigenvalue weighted by molar-refractivity contribution is -0.120. The molecule has 0 aromatic carbocycles. The van der Waals surface area contributed by atoms with E-state index in [1.165, 1.54) is 0 Å². The van der Waals surface area contributed by atoms with Gasteiger partial charge in [-0.1, -0.05) is 13.8 Å². The predicted molar refractivity (Wildman–Crippen MR) is 37.2 cm³/mol. The maximum absolute atomic E-state index is 10.5. The van der Waals surface area contributed by atoms with Crippen molar-refractivity contribution in [2.45, 2.75) is 26.7 Å². The van der Waals surface area contributed by atoms with Crippen LogP contribution in [-0.4, -0.2) is 12.1 Å². The Morgan fingerprint density at radius 2 is 2.33 bits per heavy atom. The third-order valence-electron chi connectivity index (χ3n) is 0.784. The molecule has 0 aliphatic heterocycles. The van der Waals surface area contributed by atoms with Crippen molar-refractivity contribution in [1.29, 1.82) is 0 Å². The van der Waals surface area contributed by atoms with E-state index in [1.807, 2.05) is 6.92 Å². The van der Waals surface area contributed by atoms with Crippen LogP contribution in [0.4, 0.5) is 0 Å². The molecule has 3 heteroatoms. The molecular weight excluding hydrogens is 116 g/mol. The number of hydrazone groups is 1. The fourth-order valence-corrected chi connectivity index (χ4v) is 0.288. The first kappa shape index (κ1) is 8.14. The lowest BCUT2D eigenvalue weighted by Gasteiger charge is -1.91. The maximum atomic E-state index is 10.5. The van der Waals surface area contributed by atoms with Gasteiger partial charge in [0, 0.05) is 12.6 Å². The lowest BCUT2D eigenvalue weighted by Crippen LogP contribution is -2.15. The zero-order chi connectivity index (χ0) is 7.11. The number of rotatable bonds is 3. The number of carbonyl (C=O) groups excluding carboxylic acids is 1. The second-order valence-electron chi connectivity index (χ2n) is 1.61. The van der Waals surface area contributed by atoms with Gasteiger partial charge in [0.25, 0.3) is 0 Å². The highest BCUT2D eigenvalue weighted by Crippen LogP contribution is 1.73.